The van der Waals surface area contributed by atoms with E-state index in [9.17, 15) is 0 Å². The molecule has 0 aromatic carbocycles. The average molecular weight is 226 g/mol. The molecule has 84 valence electrons. The van der Waals surface area contributed by atoms with Gasteiger partial charge in [-0.2, -0.15) is 0 Å². The Bertz CT molecular complexity index is 331. The molecule has 2 rings (SSSR count). The summed E-state index contributed by atoms with van der Waals surface area (Å²) in [6.07, 6.45) is 2.19. The highest BCUT2D eigenvalue weighted by Gasteiger charge is 2.39. The fraction of sp³-hybridized carbons (Fsp3) is 0.636. The number of rotatable bonds is 3. The molecule has 1 saturated heterocycles. The fourth-order valence-corrected chi connectivity index (χ4v) is 3.06. The predicted octanol–water partition coefficient (Wildman–Crippen LogP) is 2.13. The van der Waals surface area contributed by atoms with E-state index in [1.54, 1.807) is 11.3 Å². The molecule has 15 heavy (non-hydrogen) atoms. The number of aryl methyl sites for hydroxylation is 1. The summed E-state index contributed by atoms with van der Waals surface area (Å²) in [5.74, 6) is 5.67. The summed E-state index contributed by atoms with van der Waals surface area (Å²) in [5.41, 5.74) is 4.03. The summed E-state index contributed by atoms with van der Waals surface area (Å²) in [4.78, 5) is 1.31. The quantitative estimate of drug-likeness (QED) is 0.613. The minimum Gasteiger partial charge on any atom is -0.373 e. The summed E-state index contributed by atoms with van der Waals surface area (Å²) in [6, 6.07) is 2.24. The van der Waals surface area contributed by atoms with Crippen LogP contribution >= 0.6 is 11.3 Å². The van der Waals surface area contributed by atoms with Crippen LogP contribution in [0.4, 0.5) is 0 Å². The van der Waals surface area contributed by atoms with E-state index in [2.05, 4.69) is 30.7 Å². The van der Waals surface area contributed by atoms with Crippen LogP contribution in [0.15, 0.2) is 11.4 Å². The van der Waals surface area contributed by atoms with Crippen molar-refractivity contribution >= 4 is 11.3 Å². The van der Waals surface area contributed by atoms with Crippen LogP contribution in [0.1, 0.15) is 36.2 Å². The normalized spacial score (nSPS) is 28.2. The number of ether oxygens (including phenoxy) is 1. The van der Waals surface area contributed by atoms with Crippen LogP contribution in [0.5, 0.6) is 0 Å². The van der Waals surface area contributed by atoms with Gasteiger partial charge in [0.15, 0.2) is 0 Å². The Morgan fingerprint density at radius 1 is 1.67 bits per heavy atom. The monoisotopic (exact) mass is 226 g/mol. The van der Waals surface area contributed by atoms with Crippen molar-refractivity contribution in [2.24, 2.45) is 5.84 Å². The number of hydrogen-bond acceptors (Lipinski definition) is 4. The van der Waals surface area contributed by atoms with Crippen LogP contribution in [0, 0.1) is 6.92 Å². The maximum Gasteiger partial charge on any atom is 0.0862 e. The van der Waals surface area contributed by atoms with Gasteiger partial charge in [0.05, 0.1) is 11.6 Å². The number of thiophene rings is 1. The molecule has 0 saturated carbocycles. The Balaban J connectivity index is 2.27. The third-order valence-electron chi connectivity index (χ3n) is 3.24. The first-order chi connectivity index (χ1) is 7.17. The zero-order valence-electron chi connectivity index (χ0n) is 9.25. The van der Waals surface area contributed by atoms with Gasteiger partial charge >= 0.3 is 0 Å². The molecule has 3 N–H and O–H groups in total. The Morgan fingerprint density at radius 2 is 2.47 bits per heavy atom. The first kappa shape index (κ1) is 11.1. The number of hydrazine groups is 1. The molecule has 0 amide bonds. The molecule has 0 aliphatic carbocycles. The summed E-state index contributed by atoms with van der Waals surface area (Å²) >= 11 is 1.75. The van der Waals surface area contributed by atoms with E-state index in [1.807, 2.05) is 0 Å². The second kappa shape index (κ2) is 4.22. The zero-order valence-corrected chi connectivity index (χ0v) is 10.1. The standard InChI is InChI=1S/C11H18N2OS/c1-8-9(4-7-15-8)10(13-12)11(2)5-3-6-14-11/h4,7,10,13H,3,5-6,12H2,1-2H3. The lowest BCUT2D eigenvalue weighted by molar-refractivity contribution is -0.0125. The minimum absolute atomic E-state index is 0.103. The van der Waals surface area contributed by atoms with Crippen LogP contribution in [0.3, 0.4) is 0 Å². The minimum atomic E-state index is -0.152. The third-order valence-corrected chi connectivity index (χ3v) is 4.10. The van der Waals surface area contributed by atoms with Crippen molar-refractivity contribution in [3.05, 3.63) is 21.9 Å². The van der Waals surface area contributed by atoms with E-state index >= 15 is 0 Å². The van der Waals surface area contributed by atoms with Gasteiger partial charge in [0.2, 0.25) is 0 Å². The highest BCUT2D eigenvalue weighted by Crippen LogP contribution is 2.38. The summed E-state index contributed by atoms with van der Waals surface area (Å²) in [5, 5.41) is 2.10. The van der Waals surface area contributed by atoms with Crippen LogP contribution in [-0.4, -0.2) is 12.2 Å². The van der Waals surface area contributed by atoms with Gasteiger partial charge in [0.25, 0.3) is 0 Å². The van der Waals surface area contributed by atoms with Crippen LogP contribution in [0.2, 0.25) is 0 Å². The molecule has 1 fully saturated rings. The van der Waals surface area contributed by atoms with Gasteiger partial charge in [0.1, 0.15) is 0 Å². The van der Waals surface area contributed by atoms with Crippen molar-refractivity contribution in [2.75, 3.05) is 6.61 Å². The first-order valence-electron chi connectivity index (χ1n) is 5.31. The van der Waals surface area contributed by atoms with E-state index in [4.69, 9.17) is 10.6 Å². The van der Waals surface area contributed by atoms with Gasteiger partial charge < -0.3 is 4.74 Å². The predicted molar refractivity (Wildman–Crippen MR) is 62.7 cm³/mol. The molecule has 1 aliphatic heterocycles. The van der Waals surface area contributed by atoms with Gasteiger partial charge in [-0.25, -0.2) is 0 Å². The molecule has 2 unspecified atom stereocenters. The molecule has 0 spiro atoms. The summed E-state index contributed by atoms with van der Waals surface area (Å²) < 4.78 is 5.83. The second-order valence-electron chi connectivity index (χ2n) is 4.30. The van der Waals surface area contributed by atoms with E-state index < -0.39 is 0 Å². The van der Waals surface area contributed by atoms with Crippen LogP contribution < -0.4 is 11.3 Å². The maximum absolute atomic E-state index is 5.83. The molecule has 1 aromatic rings. The number of nitrogens with one attached hydrogen (secondary N) is 1. The van der Waals surface area contributed by atoms with E-state index in [0.717, 1.165) is 19.4 Å². The van der Waals surface area contributed by atoms with E-state index in [1.165, 1.54) is 10.4 Å². The molecule has 1 aromatic heterocycles. The molecule has 1 aliphatic rings. The topological polar surface area (TPSA) is 47.3 Å². The van der Waals surface area contributed by atoms with Gasteiger partial charge in [0, 0.05) is 11.5 Å². The largest absolute Gasteiger partial charge is 0.373 e. The van der Waals surface area contributed by atoms with Gasteiger partial charge in [-0.1, -0.05) is 0 Å². The van der Waals surface area contributed by atoms with Crippen molar-refractivity contribution in [3.63, 3.8) is 0 Å². The van der Waals surface area contributed by atoms with Crippen molar-refractivity contribution in [1.29, 1.82) is 0 Å². The highest BCUT2D eigenvalue weighted by atomic mass is 32.1. The molecular weight excluding hydrogens is 208 g/mol. The molecule has 4 heteroatoms. The zero-order chi connectivity index (χ0) is 10.9. The van der Waals surface area contributed by atoms with Crippen LogP contribution in [0.25, 0.3) is 0 Å². The lowest BCUT2D eigenvalue weighted by Crippen LogP contribution is -2.44. The van der Waals surface area contributed by atoms with Crippen LogP contribution in [-0.2, 0) is 4.74 Å². The van der Waals surface area contributed by atoms with Gasteiger partial charge in [-0.05, 0) is 43.7 Å². The van der Waals surface area contributed by atoms with Gasteiger partial charge in [-0.15, -0.1) is 11.3 Å². The third kappa shape index (κ3) is 1.95. The average Bonchev–Trinajstić information content (AvgIpc) is 2.79. The Hall–Kier alpha value is -0.420. The molecule has 2 heterocycles. The summed E-state index contributed by atoms with van der Waals surface area (Å²) in [7, 11) is 0. The lowest BCUT2D eigenvalue weighted by atomic mass is 9.88. The Labute approximate surface area is 94.6 Å². The molecular formula is C11H18N2OS. The second-order valence-corrected chi connectivity index (χ2v) is 5.42. The first-order valence-corrected chi connectivity index (χ1v) is 6.19. The highest BCUT2D eigenvalue weighted by molar-refractivity contribution is 7.10. The van der Waals surface area contributed by atoms with E-state index in [-0.39, 0.29) is 11.6 Å². The van der Waals surface area contributed by atoms with Crippen molar-refractivity contribution in [3.8, 4) is 0 Å². The van der Waals surface area contributed by atoms with Gasteiger partial charge in [-0.3, -0.25) is 11.3 Å². The molecule has 0 bridgehead atoms. The molecule has 2 atom stereocenters. The fourth-order valence-electron chi connectivity index (χ4n) is 2.32. The van der Waals surface area contributed by atoms with E-state index in [0.29, 0.717) is 0 Å². The Kier molecular flexibility index (Phi) is 3.11. The summed E-state index contributed by atoms with van der Waals surface area (Å²) in [6.45, 7) is 5.11. The molecule has 3 nitrogen and oxygen atoms in total. The SMILES string of the molecule is Cc1sccc1C(NN)C1(C)CCCO1. The lowest BCUT2D eigenvalue weighted by Gasteiger charge is -2.33. The maximum atomic E-state index is 5.83. The van der Waals surface area contributed by atoms with Crippen molar-refractivity contribution in [2.45, 2.75) is 38.3 Å². The number of nitrogens with two attached hydrogens (primary N) is 1. The van der Waals surface area contributed by atoms with Crippen molar-refractivity contribution < 1.29 is 4.74 Å². The molecule has 0 radical (unpaired) electrons. The number of hydrogen-bond donors (Lipinski definition) is 2. The Morgan fingerprint density at radius 3 is 2.93 bits per heavy atom. The van der Waals surface area contributed by atoms with Crippen molar-refractivity contribution in [1.82, 2.24) is 5.43 Å². The smallest absolute Gasteiger partial charge is 0.0862 e.